The number of aryl methyl sites for hydroxylation is 1. The van der Waals surface area contributed by atoms with Crippen LogP contribution >= 0.6 is 7.82 Å². The maximum atomic E-state index is 15.9. The molecule has 2 bridgehead atoms. The van der Waals surface area contributed by atoms with Gasteiger partial charge in [-0.25, -0.2) is 42.4 Å². The van der Waals surface area contributed by atoms with Gasteiger partial charge in [-0.1, -0.05) is 0 Å². The topological polar surface area (TPSA) is 263 Å². The molecule has 3 aliphatic heterocycles. The molecule has 0 saturated carbocycles. The Morgan fingerprint density at radius 3 is 2.51 bits per heavy atom. The lowest BCUT2D eigenvalue weighted by Gasteiger charge is -2.24. The molecular weight excluding hydrogens is 653 g/mol. The predicted octanol–water partition coefficient (Wildman–Crippen LogP) is -0.943. The highest BCUT2D eigenvalue weighted by Gasteiger charge is 2.54. The van der Waals surface area contributed by atoms with Gasteiger partial charge in [0.05, 0.1) is 19.3 Å². The van der Waals surface area contributed by atoms with Crippen LogP contribution in [0.15, 0.2) is 23.8 Å². The Balaban J connectivity index is 1.21. The third kappa shape index (κ3) is 5.28. The van der Waals surface area contributed by atoms with Crippen molar-refractivity contribution in [1.29, 1.82) is 0 Å². The number of imidazole rings is 2. The van der Waals surface area contributed by atoms with Crippen LogP contribution in [-0.2, 0) is 37.6 Å². The van der Waals surface area contributed by atoms with E-state index in [-0.39, 0.29) is 34.0 Å². The van der Waals surface area contributed by atoms with Crippen LogP contribution in [0.5, 0.6) is 0 Å². The van der Waals surface area contributed by atoms with Crippen molar-refractivity contribution in [2.75, 3.05) is 18.9 Å². The number of alkyl halides is 2. The molecular formula is C21H23F2N10O10PS. The van der Waals surface area contributed by atoms with Gasteiger partial charge in [-0.15, -0.1) is 0 Å². The summed E-state index contributed by atoms with van der Waals surface area (Å²) in [5.41, 5.74) is 5.13. The van der Waals surface area contributed by atoms with E-state index in [9.17, 15) is 22.7 Å². The number of nitrogens with zero attached hydrogens (tertiary/aromatic N) is 7. The zero-order valence-corrected chi connectivity index (χ0v) is 24.4. The van der Waals surface area contributed by atoms with Gasteiger partial charge in [0, 0.05) is 6.54 Å². The average Bonchev–Trinajstić information content (AvgIpc) is 3.72. The average molecular weight is 677 g/mol. The summed E-state index contributed by atoms with van der Waals surface area (Å²) in [6, 6.07) is 0. The van der Waals surface area contributed by atoms with Crippen molar-refractivity contribution in [2.45, 2.75) is 56.1 Å². The number of phosphoric ester groups is 1. The van der Waals surface area contributed by atoms with Gasteiger partial charge in [-0.3, -0.25) is 23.0 Å². The van der Waals surface area contributed by atoms with Crippen molar-refractivity contribution < 1.29 is 49.4 Å². The molecule has 7 heterocycles. The molecule has 45 heavy (non-hydrogen) atoms. The predicted molar refractivity (Wildman–Crippen MR) is 143 cm³/mol. The van der Waals surface area contributed by atoms with E-state index in [0.29, 0.717) is 0 Å². The second kappa shape index (κ2) is 10.8. The summed E-state index contributed by atoms with van der Waals surface area (Å²) in [5.74, 6) is 0.165. The number of hydrogen-bond acceptors (Lipinski definition) is 15. The number of aromatic amines is 1. The molecule has 0 radical (unpaired) electrons. The number of phosphoric acid groups is 1. The molecule has 242 valence electrons. The normalized spacial score (nSPS) is 35.6. The molecule has 5 N–H and O–H groups in total. The molecule has 0 aromatic carbocycles. The minimum Gasteiger partial charge on any atom is -0.382 e. The molecule has 0 aliphatic carbocycles. The van der Waals surface area contributed by atoms with Crippen LogP contribution < -0.4 is 16.0 Å². The quantitative estimate of drug-likeness (QED) is 0.187. The second-order valence-corrected chi connectivity index (χ2v) is 13.1. The number of fused-ring (bicyclic) bond motifs is 5. The van der Waals surface area contributed by atoms with Crippen LogP contribution in [0.2, 0.25) is 0 Å². The number of rotatable bonds is 2. The van der Waals surface area contributed by atoms with E-state index >= 15 is 8.78 Å². The molecule has 7 rings (SSSR count). The first-order valence-electron chi connectivity index (χ1n) is 13.1. The zero-order valence-electron chi connectivity index (χ0n) is 22.7. The standard InChI is InChI=1S/C21H23F2N10O10PS/c1-7-30-18-13(19(34)31-7)28-6-33(18)21-15-10(22)9(41-21)3-39-44(35,36)42-14-8(2-29-45(37,38)43-15)40-20(11(14)23)32-5-27-12-16(24)25-4-26-17(12)32/h4-6,8-11,14-15,20-21,29H,2-3H2,1H3,(H,35,36)(H2,24,25,26)(H,30,31,34). The van der Waals surface area contributed by atoms with Gasteiger partial charge in [0.2, 0.25) is 0 Å². The molecule has 3 saturated heterocycles. The Morgan fingerprint density at radius 2 is 1.73 bits per heavy atom. The first kappa shape index (κ1) is 30.1. The lowest BCUT2D eigenvalue weighted by molar-refractivity contribution is -0.0507. The first-order chi connectivity index (χ1) is 21.3. The number of ether oxygens (including phenoxy) is 2. The lowest BCUT2D eigenvalue weighted by Crippen LogP contribution is -2.43. The van der Waals surface area contributed by atoms with Crippen molar-refractivity contribution in [3.05, 3.63) is 35.2 Å². The zero-order chi connectivity index (χ0) is 31.8. The van der Waals surface area contributed by atoms with Crippen LogP contribution in [0.4, 0.5) is 14.6 Å². The Morgan fingerprint density at radius 1 is 1.02 bits per heavy atom. The van der Waals surface area contributed by atoms with Crippen molar-refractivity contribution >= 4 is 46.3 Å². The molecule has 3 fully saturated rings. The van der Waals surface area contributed by atoms with Crippen LogP contribution in [0.3, 0.4) is 0 Å². The smallest absolute Gasteiger partial charge is 0.382 e. The van der Waals surface area contributed by atoms with Gasteiger partial charge in [-0.05, 0) is 6.92 Å². The van der Waals surface area contributed by atoms with E-state index in [1.807, 2.05) is 4.72 Å². The number of hydrogen-bond donors (Lipinski definition) is 4. The summed E-state index contributed by atoms with van der Waals surface area (Å²) in [6.45, 7) is -0.249. The highest BCUT2D eigenvalue weighted by atomic mass is 32.2. The number of nitrogen functional groups attached to an aromatic ring is 1. The fraction of sp³-hybridized carbons (Fsp3) is 0.524. The van der Waals surface area contributed by atoms with E-state index < -0.39 is 86.1 Å². The lowest BCUT2D eigenvalue weighted by atomic mass is 10.1. The highest BCUT2D eigenvalue weighted by Crippen LogP contribution is 2.50. The third-order valence-corrected chi connectivity index (χ3v) is 9.35. The van der Waals surface area contributed by atoms with E-state index in [1.165, 1.54) is 6.92 Å². The van der Waals surface area contributed by atoms with Crippen molar-refractivity contribution in [1.82, 2.24) is 43.8 Å². The minimum absolute atomic E-state index is 0.00754. The Bertz CT molecular complexity index is 2010. The van der Waals surface area contributed by atoms with Crippen LogP contribution in [0.25, 0.3) is 22.3 Å². The van der Waals surface area contributed by atoms with Crippen LogP contribution in [0, 0.1) is 6.92 Å². The summed E-state index contributed by atoms with van der Waals surface area (Å²) >= 11 is 0. The van der Waals surface area contributed by atoms with E-state index in [2.05, 4.69) is 29.9 Å². The largest absolute Gasteiger partial charge is 0.472 e. The Labute approximate surface area is 249 Å². The van der Waals surface area contributed by atoms with Crippen LogP contribution in [0.1, 0.15) is 18.3 Å². The maximum Gasteiger partial charge on any atom is 0.472 e. The van der Waals surface area contributed by atoms with E-state index in [0.717, 1.165) is 28.1 Å². The number of anilines is 1. The summed E-state index contributed by atoms with van der Waals surface area (Å²) in [7, 11) is -10.0. The number of aromatic nitrogens is 8. The first-order valence-corrected chi connectivity index (χ1v) is 16.0. The van der Waals surface area contributed by atoms with Crippen LogP contribution in [-0.4, -0.2) is 102 Å². The maximum absolute atomic E-state index is 15.9. The fourth-order valence-corrected chi connectivity index (χ4v) is 7.24. The number of nitrogens with two attached hydrogens (primary N) is 1. The van der Waals surface area contributed by atoms with Crippen molar-refractivity contribution in [3.63, 3.8) is 0 Å². The molecule has 24 heteroatoms. The van der Waals surface area contributed by atoms with Gasteiger partial charge in [0.1, 0.15) is 36.0 Å². The highest BCUT2D eigenvalue weighted by molar-refractivity contribution is 7.84. The summed E-state index contributed by atoms with van der Waals surface area (Å²) in [6.07, 6.45) is -11.4. The molecule has 0 spiro atoms. The summed E-state index contributed by atoms with van der Waals surface area (Å²) in [4.78, 5) is 45.3. The Hall–Kier alpha value is -3.54. The molecule has 20 nitrogen and oxygen atoms in total. The van der Waals surface area contributed by atoms with Crippen molar-refractivity contribution in [2.24, 2.45) is 0 Å². The molecule has 4 aromatic rings. The molecule has 4 aromatic heterocycles. The van der Waals surface area contributed by atoms with Gasteiger partial charge >= 0.3 is 18.1 Å². The number of halogens is 2. The second-order valence-electron chi connectivity index (χ2n) is 10.3. The molecule has 9 atom stereocenters. The Kier molecular flexibility index (Phi) is 7.22. The van der Waals surface area contributed by atoms with Gasteiger partial charge in [0.25, 0.3) is 5.56 Å². The third-order valence-electron chi connectivity index (χ3n) is 7.37. The van der Waals surface area contributed by atoms with Gasteiger partial charge < -0.3 is 25.1 Å². The van der Waals surface area contributed by atoms with E-state index in [4.69, 9.17) is 28.4 Å². The number of H-pyrrole nitrogens is 1. The van der Waals surface area contributed by atoms with Crippen molar-refractivity contribution in [3.8, 4) is 0 Å². The summed E-state index contributed by atoms with van der Waals surface area (Å²) < 4.78 is 102. The monoisotopic (exact) mass is 676 g/mol. The van der Waals surface area contributed by atoms with Gasteiger partial charge in [0.15, 0.2) is 53.5 Å². The minimum atomic E-state index is -5.17. The number of nitrogens with one attached hydrogen (secondary N) is 2. The summed E-state index contributed by atoms with van der Waals surface area (Å²) in [5, 5.41) is 0. The SMILES string of the molecule is Cc1nc2c(ncn2C2OC3COP(=O)(O)OC4C(CNS(=O)(=O)OC2C3F)OC(n2cnc3c(N)ncnc32)C4F)c(=O)[nH]1. The van der Waals surface area contributed by atoms with Gasteiger partial charge in [-0.2, -0.15) is 13.1 Å². The van der Waals surface area contributed by atoms with E-state index in [1.54, 1.807) is 0 Å². The fourth-order valence-electron chi connectivity index (χ4n) is 5.36. The molecule has 9 unspecified atom stereocenters. The molecule has 3 aliphatic rings. The molecule has 0 amide bonds.